The van der Waals surface area contributed by atoms with Gasteiger partial charge in [-0.3, -0.25) is 13.9 Å². The molecule has 0 fully saturated rings. The molecule has 47 heavy (non-hydrogen) atoms. The van der Waals surface area contributed by atoms with E-state index in [0.29, 0.717) is 27.6 Å². The lowest BCUT2D eigenvalue weighted by Crippen LogP contribution is -2.33. The number of rotatable bonds is 11. The van der Waals surface area contributed by atoms with Crippen LogP contribution in [0.3, 0.4) is 0 Å². The van der Waals surface area contributed by atoms with Gasteiger partial charge in [0.05, 0.1) is 30.7 Å². The van der Waals surface area contributed by atoms with Gasteiger partial charge in [0, 0.05) is 41.6 Å². The van der Waals surface area contributed by atoms with E-state index in [1.165, 1.54) is 49.5 Å². The minimum Gasteiger partial charge on any atom is -0.455 e. The van der Waals surface area contributed by atoms with Crippen molar-refractivity contribution in [1.82, 2.24) is 5.32 Å². The average molecular weight is 661 g/mol. The Kier molecular flexibility index (Phi) is 9.33. The summed E-state index contributed by atoms with van der Waals surface area (Å²) in [6, 6.07) is 21.2. The fraction of sp³-hybridized carbons (Fsp3) is 0.222. The van der Waals surface area contributed by atoms with E-state index in [1.54, 1.807) is 42.5 Å². The maximum Gasteiger partial charge on any atom is 0.255 e. The van der Waals surface area contributed by atoms with E-state index < -0.39 is 33.8 Å². The molecule has 4 aromatic carbocycles. The summed E-state index contributed by atoms with van der Waals surface area (Å²) < 4.78 is 60.5. The van der Waals surface area contributed by atoms with Gasteiger partial charge in [0.2, 0.25) is 10.0 Å². The molecular formula is C36H34F2N2O6S. The Hall–Kier alpha value is -4.87. The quantitative estimate of drug-likeness (QED) is 0.152. The van der Waals surface area contributed by atoms with Gasteiger partial charge in [-0.25, -0.2) is 17.2 Å². The summed E-state index contributed by atoms with van der Waals surface area (Å²) in [6.07, 6.45) is 1.12. The van der Waals surface area contributed by atoms with Crippen molar-refractivity contribution in [2.24, 2.45) is 0 Å². The molecule has 0 aliphatic heterocycles. The van der Waals surface area contributed by atoms with Gasteiger partial charge in [0.25, 0.3) is 5.91 Å². The number of carbonyl (C=O) groups excluding carboxylic acids is 2. The van der Waals surface area contributed by atoms with Gasteiger partial charge in [0.15, 0.2) is 5.78 Å². The minimum absolute atomic E-state index is 0.109. The second-order valence-corrected chi connectivity index (χ2v) is 13.8. The van der Waals surface area contributed by atoms with Crippen LogP contribution in [0.5, 0.6) is 0 Å². The molecule has 244 valence electrons. The summed E-state index contributed by atoms with van der Waals surface area (Å²) >= 11 is 0. The predicted octanol–water partition coefficient (Wildman–Crippen LogP) is 6.71. The summed E-state index contributed by atoms with van der Waals surface area (Å²) in [5, 5.41) is 12.8. The first kappa shape index (κ1) is 33.5. The Labute approximate surface area is 271 Å². The third kappa shape index (κ3) is 6.96. The van der Waals surface area contributed by atoms with Gasteiger partial charge in [0.1, 0.15) is 23.0 Å². The van der Waals surface area contributed by atoms with Gasteiger partial charge >= 0.3 is 0 Å². The SMILES string of the molecule is CNC(=O)c1c(-c2ccc(F)cc2)oc2cc(N(CCO)S(C)(=O)=O)c(-c3cccc(C(=O)CC(C)(C)c4ccc(F)cc4)c3)cc12. The van der Waals surface area contributed by atoms with Crippen LogP contribution in [0.4, 0.5) is 14.5 Å². The van der Waals surface area contributed by atoms with Crippen LogP contribution in [0.2, 0.25) is 0 Å². The van der Waals surface area contributed by atoms with E-state index in [0.717, 1.165) is 16.1 Å². The van der Waals surface area contributed by atoms with Crippen LogP contribution in [0.1, 0.15) is 46.5 Å². The number of amides is 1. The van der Waals surface area contributed by atoms with Crippen molar-refractivity contribution < 1.29 is 36.3 Å². The predicted molar refractivity (Wildman–Crippen MR) is 178 cm³/mol. The number of hydrogen-bond acceptors (Lipinski definition) is 6. The summed E-state index contributed by atoms with van der Waals surface area (Å²) in [5.41, 5.74) is 2.31. The van der Waals surface area contributed by atoms with Gasteiger partial charge in [-0.05, 0) is 65.1 Å². The van der Waals surface area contributed by atoms with Crippen molar-refractivity contribution in [3.8, 4) is 22.5 Å². The molecule has 1 aromatic heterocycles. The Bertz CT molecular complexity index is 2070. The van der Waals surface area contributed by atoms with Crippen molar-refractivity contribution in [3.05, 3.63) is 113 Å². The Balaban J connectivity index is 1.70. The first-order chi connectivity index (χ1) is 22.2. The molecule has 0 bridgehead atoms. The fourth-order valence-electron chi connectivity index (χ4n) is 5.65. The Morgan fingerprint density at radius 2 is 1.55 bits per heavy atom. The number of nitrogens with one attached hydrogen (secondary N) is 1. The number of halogens is 2. The van der Waals surface area contributed by atoms with Crippen LogP contribution in [0.25, 0.3) is 33.4 Å². The maximum atomic E-state index is 13.7. The monoisotopic (exact) mass is 660 g/mol. The van der Waals surface area contributed by atoms with Gasteiger partial charge < -0.3 is 14.8 Å². The van der Waals surface area contributed by atoms with Crippen LogP contribution in [-0.4, -0.2) is 51.7 Å². The number of nitrogens with zero attached hydrogens (tertiary/aromatic N) is 1. The van der Waals surface area contributed by atoms with Crippen LogP contribution < -0.4 is 9.62 Å². The van der Waals surface area contributed by atoms with Crippen molar-refractivity contribution >= 4 is 38.4 Å². The van der Waals surface area contributed by atoms with E-state index in [4.69, 9.17) is 4.42 Å². The molecule has 2 N–H and O–H groups in total. The van der Waals surface area contributed by atoms with Crippen LogP contribution >= 0.6 is 0 Å². The molecule has 0 spiro atoms. The molecule has 0 aliphatic rings. The van der Waals surface area contributed by atoms with Gasteiger partial charge in [-0.2, -0.15) is 0 Å². The third-order valence-electron chi connectivity index (χ3n) is 8.06. The molecular weight excluding hydrogens is 626 g/mol. The van der Waals surface area contributed by atoms with E-state index >= 15 is 0 Å². The normalized spacial score (nSPS) is 11.9. The molecule has 8 nitrogen and oxygen atoms in total. The molecule has 1 amide bonds. The molecule has 0 radical (unpaired) electrons. The molecule has 5 aromatic rings. The van der Waals surface area contributed by atoms with E-state index in [2.05, 4.69) is 5.32 Å². The zero-order valence-electron chi connectivity index (χ0n) is 26.3. The number of aliphatic hydroxyl groups excluding tert-OH is 1. The van der Waals surface area contributed by atoms with E-state index in [-0.39, 0.29) is 47.2 Å². The maximum absolute atomic E-state index is 13.7. The van der Waals surface area contributed by atoms with Gasteiger partial charge in [-0.15, -0.1) is 0 Å². The van der Waals surface area contributed by atoms with Crippen molar-refractivity contribution in [2.45, 2.75) is 25.7 Å². The summed E-state index contributed by atoms with van der Waals surface area (Å²) in [6.45, 7) is 3.04. The smallest absolute Gasteiger partial charge is 0.255 e. The Morgan fingerprint density at radius 3 is 2.15 bits per heavy atom. The highest BCUT2D eigenvalue weighted by molar-refractivity contribution is 7.92. The number of carbonyl (C=O) groups is 2. The Morgan fingerprint density at radius 1 is 0.915 bits per heavy atom. The van der Waals surface area contributed by atoms with Crippen LogP contribution in [-0.2, 0) is 15.4 Å². The zero-order chi connectivity index (χ0) is 34.1. The highest BCUT2D eigenvalue weighted by atomic mass is 32.2. The number of aliphatic hydroxyl groups is 1. The summed E-state index contributed by atoms with van der Waals surface area (Å²) in [5.74, 6) is -1.36. The first-order valence-electron chi connectivity index (χ1n) is 14.8. The standard InChI is InChI=1S/C36H34F2N2O6S/c1-36(2,25-10-14-27(38)15-11-25)21-31(42)24-7-5-6-23(18-24)28-19-29-32(20-30(28)40(16-17-41)47(4,44)45)46-34(33(29)35(43)39-3)22-8-12-26(37)13-9-22/h5-15,18-20,41H,16-17,21H2,1-4H3,(H,39,43). The minimum atomic E-state index is -3.93. The molecule has 0 aliphatic carbocycles. The van der Waals surface area contributed by atoms with Crippen molar-refractivity contribution in [3.63, 3.8) is 0 Å². The lowest BCUT2D eigenvalue weighted by Gasteiger charge is -2.25. The highest BCUT2D eigenvalue weighted by Gasteiger charge is 2.29. The van der Waals surface area contributed by atoms with E-state index in [9.17, 15) is 31.9 Å². The van der Waals surface area contributed by atoms with Crippen LogP contribution in [0.15, 0.2) is 89.3 Å². The number of Topliss-reactive ketones (excluding diaryl/α,β-unsaturated/α-hetero) is 1. The number of hydrogen-bond donors (Lipinski definition) is 2. The average Bonchev–Trinajstić information content (AvgIpc) is 3.41. The second-order valence-electron chi connectivity index (χ2n) is 11.9. The molecule has 0 atom stereocenters. The lowest BCUT2D eigenvalue weighted by atomic mass is 9.79. The van der Waals surface area contributed by atoms with E-state index in [1.807, 2.05) is 13.8 Å². The molecule has 0 unspecified atom stereocenters. The van der Waals surface area contributed by atoms with Crippen LogP contribution in [0, 0.1) is 11.6 Å². The second kappa shape index (κ2) is 13.1. The van der Waals surface area contributed by atoms with Gasteiger partial charge in [-0.1, -0.05) is 44.2 Å². The number of furan rings is 1. The summed E-state index contributed by atoms with van der Waals surface area (Å²) in [4.78, 5) is 26.9. The lowest BCUT2D eigenvalue weighted by molar-refractivity contribution is 0.0952. The van der Waals surface area contributed by atoms with Crippen molar-refractivity contribution in [2.75, 3.05) is 30.8 Å². The number of anilines is 1. The largest absolute Gasteiger partial charge is 0.455 e. The number of benzene rings is 4. The molecule has 0 saturated carbocycles. The molecule has 0 saturated heterocycles. The zero-order valence-corrected chi connectivity index (χ0v) is 27.1. The third-order valence-corrected chi connectivity index (χ3v) is 9.24. The molecule has 11 heteroatoms. The number of fused-ring (bicyclic) bond motifs is 1. The number of sulfonamides is 1. The first-order valence-corrected chi connectivity index (χ1v) is 16.6. The summed E-state index contributed by atoms with van der Waals surface area (Å²) in [7, 11) is -2.47. The fourth-order valence-corrected chi connectivity index (χ4v) is 6.57. The molecule has 1 heterocycles. The number of ketones is 1. The van der Waals surface area contributed by atoms with Crippen molar-refractivity contribution in [1.29, 1.82) is 0 Å². The molecule has 5 rings (SSSR count). The topological polar surface area (TPSA) is 117 Å². The highest BCUT2D eigenvalue weighted by Crippen LogP contribution is 2.42.